The number of rotatable bonds is 4. The summed E-state index contributed by atoms with van der Waals surface area (Å²) in [6.45, 7) is 0. The van der Waals surface area contributed by atoms with Gasteiger partial charge >= 0.3 is 6.18 Å². The van der Waals surface area contributed by atoms with Crippen molar-refractivity contribution in [1.82, 2.24) is 9.97 Å². The molecule has 0 spiro atoms. The zero-order valence-corrected chi connectivity index (χ0v) is 14.6. The van der Waals surface area contributed by atoms with Crippen molar-refractivity contribution in [2.75, 3.05) is 11.1 Å². The molecule has 3 rings (SSSR count). The Morgan fingerprint density at radius 1 is 1.08 bits per heavy atom. The van der Waals surface area contributed by atoms with E-state index in [2.05, 4.69) is 15.3 Å². The summed E-state index contributed by atoms with van der Waals surface area (Å²) in [6.07, 6.45) is -4.66. The lowest BCUT2D eigenvalue weighted by atomic mass is 10.3. The van der Waals surface area contributed by atoms with Crippen LogP contribution < -0.4 is 5.32 Å². The van der Waals surface area contributed by atoms with Crippen LogP contribution in [0.15, 0.2) is 53.6 Å². The number of amides is 1. The second-order valence-electron chi connectivity index (χ2n) is 5.21. The van der Waals surface area contributed by atoms with E-state index in [1.54, 1.807) is 42.5 Å². The summed E-state index contributed by atoms with van der Waals surface area (Å²) in [7, 11) is 0. The molecule has 9 heteroatoms. The van der Waals surface area contributed by atoms with Crippen LogP contribution in [-0.4, -0.2) is 21.6 Å². The fraction of sp³-hybridized carbons (Fsp3) is 0.118. The highest BCUT2D eigenvalue weighted by atomic mass is 35.5. The number of nitrogens with zero attached hydrogens (tertiary/aromatic N) is 2. The van der Waals surface area contributed by atoms with Crippen molar-refractivity contribution < 1.29 is 18.0 Å². The molecule has 3 aromatic rings. The van der Waals surface area contributed by atoms with Crippen LogP contribution in [0.1, 0.15) is 5.69 Å². The van der Waals surface area contributed by atoms with Crippen molar-refractivity contribution in [3.05, 3.63) is 59.2 Å². The number of hydrogen-bond donors (Lipinski definition) is 1. The third-order valence-corrected chi connectivity index (χ3v) is 4.46. The lowest BCUT2D eigenvalue weighted by Gasteiger charge is -2.12. The summed E-state index contributed by atoms with van der Waals surface area (Å²) in [5.74, 6) is -0.719. The lowest BCUT2D eigenvalue weighted by molar-refractivity contribution is -0.143. The smallest absolute Gasteiger partial charge is 0.325 e. The number of benzene rings is 2. The molecule has 0 saturated carbocycles. The summed E-state index contributed by atoms with van der Waals surface area (Å²) < 4.78 is 39.8. The van der Waals surface area contributed by atoms with Gasteiger partial charge in [0.15, 0.2) is 5.69 Å². The molecule has 0 fully saturated rings. The van der Waals surface area contributed by atoms with Crippen molar-refractivity contribution in [2.24, 2.45) is 0 Å². The highest BCUT2D eigenvalue weighted by Gasteiger charge is 2.37. The van der Waals surface area contributed by atoms with Gasteiger partial charge in [0.2, 0.25) is 5.91 Å². The first kappa shape index (κ1) is 18.5. The molecule has 0 unspecified atom stereocenters. The Labute approximate surface area is 155 Å². The van der Waals surface area contributed by atoms with E-state index in [1.165, 1.54) is 6.07 Å². The van der Waals surface area contributed by atoms with Crippen LogP contribution in [0.2, 0.25) is 5.02 Å². The minimum absolute atomic E-state index is 0.146. The molecule has 0 radical (unpaired) electrons. The van der Waals surface area contributed by atoms with E-state index in [4.69, 9.17) is 11.6 Å². The number of carbonyl (C=O) groups excluding carboxylic acids is 1. The third kappa shape index (κ3) is 4.44. The summed E-state index contributed by atoms with van der Waals surface area (Å²) >= 11 is 6.51. The van der Waals surface area contributed by atoms with Crippen molar-refractivity contribution in [2.45, 2.75) is 11.2 Å². The van der Waals surface area contributed by atoms with Crippen molar-refractivity contribution in [3.8, 4) is 0 Å². The van der Waals surface area contributed by atoms with Gasteiger partial charge in [0, 0.05) is 10.7 Å². The maximum absolute atomic E-state index is 13.3. The van der Waals surface area contributed by atoms with Gasteiger partial charge in [-0.1, -0.05) is 41.6 Å². The zero-order valence-electron chi connectivity index (χ0n) is 13.0. The monoisotopic (exact) mass is 397 g/mol. The number of para-hydroxylation sites is 2. The molecular weight excluding hydrogens is 387 g/mol. The highest BCUT2D eigenvalue weighted by Crippen LogP contribution is 2.35. The predicted octanol–water partition coefficient (Wildman–Crippen LogP) is 5.03. The number of thioether (sulfide) groups is 1. The Morgan fingerprint density at radius 2 is 1.77 bits per heavy atom. The average molecular weight is 398 g/mol. The first-order valence-corrected chi connectivity index (χ1v) is 8.71. The Morgan fingerprint density at radius 3 is 2.42 bits per heavy atom. The molecule has 0 aliphatic carbocycles. The van der Waals surface area contributed by atoms with Gasteiger partial charge < -0.3 is 5.32 Å². The summed E-state index contributed by atoms with van der Waals surface area (Å²) in [5, 5.41) is 2.68. The normalized spacial score (nSPS) is 11.5. The number of alkyl halides is 3. The number of hydrogen-bond acceptors (Lipinski definition) is 4. The second-order valence-corrected chi connectivity index (χ2v) is 6.61. The Hall–Kier alpha value is -2.32. The maximum Gasteiger partial charge on any atom is 0.436 e. The second kappa shape index (κ2) is 7.51. The largest absolute Gasteiger partial charge is 0.436 e. The number of fused-ring (bicyclic) bond motifs is 1. The Kier molecular flexibility index (Phi) is 5.33. The number of halogens is 4. The van der Waals surface area contributed by atoms with E-state index >= 15 is 0 Å². The van der Waals surface area contributed by atoms with Crippen LogP contribution >= 0.6 is 23.4 Å². The van der Waals surface area contributed by atoms with Gasteiger partial charge in [-0.05, 0) is 30.3 Å². The summed E-state index contributed by atoms with van der Waals surface area (Å²) in [4.78, 5) is 19.7. The minimum Gasteiger partial charge on any atom is -0.325 e. The molecule has 134 valence electrons. The van der Waals surface area contributed by atoms with E-state index in [9.17, 15) is 18.0 Å². The van der Waals surface area contributed by atoms with Crippen LogP contribution in [0.5, 0.6) is 0 Å². The quantitative estimate of drug-likeness (QED) is 0.627. The van der Waals surface area contributed by atoms with Gasteiger partial charge in [-0.15, -0.1) is 0 Å². The molecule has 26 heavy (non-hydrogen) atoms. The van der Waals surface area contributed by atoms with E-state index < -0.39 is 17.8 Å². The molecule has 0 bridgehead atoms. The molecule has 1 heterocycles. The first-order valence-electron chi connectivity index (χ1n) is 7.35. The van der Waals surface area contributed by atoms with Gasteiger partial charge in [-0.3, -0.25) is 4.79 Å². The minimum atomic E-state index is -4.66. The van der Waals surface area contributed by atoms with Crippen molar-refractivity contribution in [1.29, 1.82) is 0 Å². The van der Waals surface area contributed by atoms with Gasteiger partial charge in [0.05, 0.1) is 16.8 Å². The number of nitrogens with one attached hydrogen (secondary N) is 1. The fourth-order valence-electron chi connectivity index (χ4n) is 2.17. The maximum atomic E-state index is 13.3. The number of carbonyl (C=O) groups is 1. The molecule has 2 aromatic carbocycles. The molecule has 0 saturated heterocycles. The molecule has 0 aliphatic rings. The van der Waals surface area contributed by atoms with Crippen molar-refractivity contribution >= 4 is 46.0 Å². The SMILES string of the molecule is O=C(CSc1nc2ccccc2nc1C(F)(F)F)Nc1cccc(Cl)c1. The van der Waals surface area contributed by atoms with E-state index in [1.807, 2.05) is 0 Å². The van der Waals surface area contributed by atoms with Crippen LogP contribution in [0.3, 0.4) is 0 Å². The molecule has 0 atom stereocenters. The molecular formula is C17H11ClF3N3OS. The molecule has 1 aromatic heterocycles. The van der Waals surface area contributed by atoms with Crippen molar-refractivity contribution in [3.63, 3.8) is 0 Å². The Balaban J connectivity index is 1.80. The summed E-state index contributed by atoms with van der Waals surface area (Å²) in [5.41, 5.74) is -0.161. The van der Waals surface area contributed by atoms with Gasteiger partial charge in [-0.25, -0.2) is 9.97 Å². The predicted molar refractivity (Wildman–Crippen MR) is 95.3 cm³/mol. The standard InChI is InChI=1S/C17H11ClF3N3OS/c18-10-4-3-5-11(8-10)22-14(25)9-26-16-15(17(19,20)21)23-12-6-1-2-7-13(12)24-16/h1-8H,9H2,(H,22,25). The fourth-order valence-corrected chi connectivity index (χ4v) is 3.16. The topological polar surface area (TPSA) is 54.9 Å². The molecule has 1 N–H and O–H groups in total. The van der Waals surface area contributed by atoms with Crippen LogP contribution in [0.4, 0.5) is 18.9 Å². The Bertz CT molecular complexity index is 965. The molecule has 1 amide bonds. The first-order chi connectivity index (χ1) is 12.3. The molecule has 0 aliphatic heterocycles. The molecule has 4 nitrogen and oxygen atoms in total. The highest BCUT2D eigenvalue weighted by molar-refractivity contribution is 8.00. The summed E-state index contributed by atoms with van der Waals surface area (Å²) in [6, 6.07) is 12.7. The van der Waals surface area contributed by atoms with E-state index in [-0.39, 0.29) is 16.3 Å². The van der Waals surface area contributed by atoms with Gasteiger partial charge in [-0.2, -0.15) is 13.2 Å². The van der Waals surface area contributed by atoms with Gasteiger partial charge in [0.1, 0.15) is 5.03 Å². The average Bonchev–Trinajstić information content (AvgIpc) is 2.58. The third-order valence-electron chi connectivity index (χ3n) is 3.26. The van der Waals surface area contributed by atoms with E-state index in [0.717, 1.165) is 0 Å². The van der Waals surface area contributed by atoms with Crippen LogP contribution in [0, 0.1) is 0 Å². The van der Waals surface area contributed by atoms with Crippen LogP contribution in [-0.2, 0) is 11.0 Å². The van der Waals surface area contributed by atoms with Crippen LogP contribution in [0.25, 0.3) is 11.0 Å². The van der Waals surface area contributed by atoms with E-state index in [0.29, 0.717) is 28.0 Å². The number of aromatic nitrogens is 2. The van der Waals surface area contributed by atoms with Gasteiger partial charge in [0.25, 0.3) is 0 Å². The lowest BCUT2D eigenvalue weighted by Crippen LogP contribution is -2.16. The number of anilines is 1. The zero-order chi connectivity index (χ0) is 18.7.